The summed E-state index contributed by atoms with van der Waals surface area (Å²) in [5.41, 5.74) is 1.18. The standard InChI is InChI=1S/C14H20N2O/c1-11(2)13(16-9-8-15)10-12-6-4-5-7-14(12)17-3/h4-7,11,13,16H,9-10H2,1-3H3/t13-/m0/s1. The minimum atomic E-state index is 0.297. The van der Waals surface area contributed by atoms with Gasteiger partial charge in [0.25, 0.3) is 0 Å². The van der Waals surface area contributed by atoms with Gasteiger partial charge in [-0.15, -0.1) is 0 Å². The van der Waals surface area contributed by atoms with Crippen LogP contribution in [0.3, 0.4) is 0 Å². The number of methoxy groups -OCH3 is 1. The minimum absolute atomic E-state index is 0.297. The van der Waals surface area contributed by atoms with Crippen molar-refractivity contribution in [2.45, 2.75) is 26.3 Å². The molecule has 0 saturated heterocycles. The van der Waals surface area contributed by atoms with E-state index < -0.39 is 0 Å². The van der Waals surface area contributed by atoms with Crippen LogP contribution in [0.2, 0.25) is 0 Å². The van der Waals surface area contributed by atoms with Crippen LogP contribution in [0.5, 0.6) is 5.75 Å². The van der Waals surface area contributed by atoms with E-state index in [-0.39, 0.29) is 0 Å². The Morgan fingerprint density at radius 3 is 2.65 bits per heavy atom. The van der Waals surface area contributed by atoms with Crippen LogP contribution in [0.15, 0.2) is 24.3 Å². The molecule has 0 aliphatic carbocycles. The lowest BCUT2D eigenvalue weighted by molar-refractivity contribution is 0.387. The highest BCUT2D eigenvalue weighted by atomic mass is 16.5. The molecule has 92 valence electrons. The zero-order chi connectivity index (χ0) is 12.7. The van der Waals surface area contributed by atoms with Crippen molar-refractivity contribution in [3.8, 4) is 11.8 Å². The van der Waals surface area contributed by atoms with Crippen LogP contribution in [-0.2, 0) is 6.42 Å². The van der Waals surface area contributed by atoms with Crippen LogP contribution in [0, 0.1) is 17.2 Å². The summed E-state index contributed by atoms with van der Waals surface area (Å²) in [5, 5.41) is 11.9. The Balaban J connectivity index is 2.75. The molecule has 1 aromatic carbocycles. The van der Waals surface area contributed by atoms with E-state index in [1.54, 1.807) is 7.11 Å². The maximum atomic E-state index is 8.63. The summed E-state index contributed by atoms with van der Waals surface area (Å²) in [6.07, 6.45) is 0.878. The molecule has 0 radical (unpaired) electrons. The summed E-state index contributed by atoms with van der Waals surface area (Å²) in [6, 6.07) is 10.4. The lowest BCUT2D eigenvalue weighted by Gasteiger charge is -2.22. The minimum Gasteiger partial charge on any atom is -0.496 e. The molecular weight excluding hydrogens is 212 g/mol. The molecule has 1 atom stereocenters. The fourth-order valence-corrected chi connectivity index (χ4v) is 1.83. The highest BCUT2D eigenvalue weighted by Crippen LogP contribution is 2.20. The highest BCUT2D eigenvalue weighted by molar-refractivity contribution is 5.33. The van der Waals surface area contributed by atoms with Gasteiger partial charge in [0.2, 0.25) is 0 Å². The summed E-state index contributed by atoms with van der Waals surface area (Å²) in [7, 11) is 1.69. The van der Waals surface area contributed by atoms with Gasteiger partial charge < -0.3 is 10.1 Å². The lowest BCUT2D eigenvalue weighted by atomic mass is 9.96. The predicted octanol–water partition coefficient (Wildman–Crippen LogP) is 2.38. The number of nitriles is 1. The number of hydrogen-bond donors (Lipinski definition) is 1. The normalized spacial score (nSPS) is 12.2. The van der Waals surface area contributed by atoms with Crippen LogP contribution in [0.4, 0.5) is 0 Å². The number of nitrogens with zero attached hydrogens (tertiary/aromatic N) is 1. The molecule has 0 fully saturated rings. The summed E-state index contributed by atoms with van der Waals surface area (Å²) < 4.78 is 5.34. The monoisotopic (exact) mass is 232 g/mol. The van der Waals surface area contributed by atoms with E-state index in [4.69, 9.17) is 10.00 Å². The Labute approximate surface area is 103 Å². The van der Waals surface area contributed by atoms with Crippen LogP contribution in [0.1, 0.15) is 19.4 Å². The molecule has 0 saturated carbocycles. The maximum absolute atomic E-state index is 8.63. The van der Waals surface area contributed by atoms with Crippen LogP contribution in [-0.4, -0.2) is 19.7 Å². The van der Waals surface area contributed by atoms with E-state index in [1.807, 2.05) is 18.2 Å². The molecule has 3 nitrogen and oxygen atoms in total. The van der Waals surface area contributed by atoms with Gasteiger partial charge in [-0.1, -0.05) is 32.0 Å². The fourth-order valence-electron chi connectivity index (χ4n) is 1.83. The van der Waals surface area contributed by atoms with E-state index in [9.17, 15) is 0 Å². The Kier molecular flexibility index (Phi) is 5.51. The molecular formula is C14H20N2O. The van der Waals surface area contributed by atoms with Crippen molar-refractivity contribution in [2.24, 2.45) is 5.92 Å². The number of para-hydroxylation sites is 1. The topological polar surface area (TPSA) is 45.0 Å². The van der Waals surface area contributed by atoms with Crippen molar-refractivity contribution in [1.29, 1.82) is 5.26 Å². The van der Waals surface area contributed by atoms with E-state index in [0.29, 0.717) is 18.5 Å². The molecule has 0 aromatic heterocycles. The van der Waals surface area contributed by atoms with Crippen molar-refractivity contribution in [3.05, 3.63) is 29.8 Å². The average Bonchev–Trinajstić information content (AvgIpc) is 2.34. The van der Waals surface area contributed by atoms with Crippen molar-refractivity contribution >= 4 is 0 Å². The van der Waals surface area contributed by atoms with E-state index >= 15 is 0 Å². The van der Waals surface area contributed by atoms with Gasteiger partial charge in [0, 0.05) is 6.04 Å². The van der Waals surface area contributed by atoms with E-state index in [0.717, 1.165) is 12.2 Å². The number of nitrogens with one attached hydrogen (secondary N) is 1. The highest BCUT2D eigenvalue weighted by Gasteiger charge is 2.15. The Hall–Kier alpha value is -1.53. The Morgan fingerprint density at radius 2 is 2.06 bits per heavy atom. The Bertz CT molecular complexity index is 382. The van der Waals surface area contributed by atoms with Crippen molar-refractivity contribution < 1.29 is 4.74 Å². The zero-order valence-electron chi connectivity index (χ0n) is 10.7. The first kappa shape index (κ1) is 13.5. The second kappa shape index (κ2) is 6.93. The maximum Gasteiger partial charge on any atom is 0.122 e. The average molecular weight is 232 g/mol. The first-order valence-corrected chi connectivity index (χ1v) is 5.91. The van der Waals surface area contributed by atoms with Gasteiger partial charge in [0.1, 0.15) is 5.75 Å². The van der Waals surface area contributed by atoms with Crippen molar-refractivity contribution in [2.75, 3.05) is 13.7 Å². The first-order chi connectivity index (χ1) is 8.19. The smallest absolute Gasteiger partial charge is 0.122 e. The molecule has 1 rings (SSSR count). The number of ether oxygens (including phenoxy) is 1. The third-order valence-corrected chi connectivity index (χ3v) is 2.88. The van der Waals surface area contributed by atoms with Gasteiger partial charge in [-0.25, -0.2) is 0 Å². The van der Waals surface area contributed by atoms with Crippen LogP contribution in [0.25, 0.3) is 0 Å². The second-order valence-electron chi connectivity index (χ2n) is 4.41. The molecule has 0 spiro atoms. The van der Waals surface area contributed by atoms with Gasteiger partial charge in [0.15, 0.2) is 0 Å². The van der Waals surface area contributed by atoms with Gasteiger partial charge in [-0.05, 0) is 24.0 Å². The molecule has 0 heterocycles. The third kappa shape index (κ3) is 4.08. The third-order valence-electron chi connectivity index (χ3n) is 2.88. The summed E-state index contributed by atoms with van der Waals surface area (Å²) in [5.74, 6) is 1.39. The van der Waals surface area contributed by atoms with Gasteiger partial charge in [0.05, 0.1) is 19.7 Å². The van der Waals surface area contributed by atoms with Crippen molar-refractivity contribution in [1.82, 2.24) is 5.32 Å². The van der Waals surface area contributed by atoms with Crippen LogP contribution >= 0.6 is 0 Å². The van der Waals surface area contributed by atoms with E-state index in [2.05, 4.69) is 31.3 Å². The van der Waals surface area contributed by atoms with E-state index in [1.165, 1.54) is 5.56 Å². The molecule has 0 amide bonds. The second-order valence-corrected chi connectivity index (χ2v) is 4.41. The van der Waals surface area contributed by atoms with Gasteiger partial charge >= 0.3 is 0 Å². The molecule has 0 bridgehead atoms. The zero-order valence-corrected chi connectivity index (χ0v) is 10.7. The SMILES string of the molecule is COc1ccccc1C[C@H](NCC#N)C(C)C. The summed E-state index contributed by atoms with van der Waals surface area (Å²) in [4.78, 5) is 0. The summed E-state index contributed by atoms with van der Waals surface area (Å²) in [6.45, 7) is 4.70. The predicted molar refractivity (Wildman–Crippen MR) is 68.9 cm³/mol. The molecule has 0 aliphatic heterocycles. The molecule has 0 unspecified atom stereocenters. The largest absolute Gasteiger partial charge is 0.496 e. The summed E-state index contributed by atoms with van der Waals surface area (Å²) >= 11 is 0. The Morgan fingerprint density at radius 1 is 1.35 bits per heavy atom. The fraction of sp³-hybridized carbons (Fsp3) is 0.500. The van der Waals surface area contributed by atoms with Gasteiger partial charge in [-0.3, -0.25) is 0 Å². The number of rotatable bonds is 6. The van der Waals surface area contributed by atoms with Crippen LogP contribution < -0.4 is 10.1 Å². The van der Waals surface area contributed by atoms with Crippen molar-refractivity contribution in [3.63, 3.8) is 0 Å². The molecule has 3 heteroatoms. The number of hydrogen-bond acceptors (Lipinski definition) is 3. The quantitative estimate of drug-likeness (QED) is 0.766. The molecule has 17 heavy (non-hydrogen) atoms. The number of benzene rings is 1. The first-order valence-electron chi connectivity index (χ1n) is 5.91. The molecule has 1 N–H and O–H groups in total. The molecule has 0 aliphatic rings. The lowest BCUT2D eigenvalue weighted by Crippen LogP contribution is -2.36. The van der Waals surface area contributed by atoms with Gasteiger partial charge in [-0.2, -0.15) is 5.26 Å². The molecule has 1 aromatic rings.